The molecular formula is C17H18Cl2N6O3S. The van der Waals surface area contributed by atoms with Gasteiger partial charge in [0.15, 0.2) is 11.2 Å². The van der Waals surface area contributed by atoms with Gasteiger partial charge in [0.05, 0.1) is 12.8 Å². The minimum atomic E-state index is -3.31. The monoisotopic (exact) mass is 456 g/mol. The molecule has 0 spiro atoms. The molecule has 9 nitrogen and oxygen atoms in total. The zero-order valence-corrected chi connectivity index (χ0v) is 17.8. The summed E-state index contributed by atoms with van der Waals surface area (Å²) >= 11 is 12.2. The zero-order chi connectivity index (χ0) is 20.8. The van der Waals surface area contributed by atoms with Gasteiger partial charge in [-0.3, -0.25) is 4.79 Å². The number of fused-ring (bicyclic) bond motifs is 1. The summed E-state index contributed by atoms with van der Waals surface area (Å²) in [4.78, 5) is 19.8. The Morgan fingerprint density at radius 1 is 1.31 bits per heavy atom. The van der Waals surface area contributed by atoms with Crippen molar-refractivity contribution in [2.45, 2.75) is 25.3 Å². The van der Waals surface area contributed by atoms with E-state index in [2.05, 4.69) is 20.3 Å². The molecule has 1 aliphatic heterocycles. The summed E-state index contributed by atoms with van der Waals surface area (Å²) in [6, 6.07) is 5.12. The quantitative estimate of drug-likeness (QED) is 0.641. The Morgan fingerprint density at radius 2 is 2.10 bits per heavy atom. The lowest BCUT2D eigenvalue weighted by Crippen LogP contribution is -2.39. The lowest BCUT2D eigenvalue weighted by Gasteiger charge is -2.30. The van der Waals surface area contributed by atoms with Gasteiger partial charge < -0.3 is 4.98 Å². The lowest BCUT2D eigenvalue weighted by molar-refractivity contribution is 0.311. The van der Waals surface area contributed by atoms with Crippen molar-refractivity contribution in [3.05, 3.63) is 50.0 Å². The second-order valence-corrected chi connectivity index (χ2v) is 9.89. The summed E-state index contributed by atoms with van der Waals surface area (Å²) < 4.78 is 26.7. The maximum atomic E-state index is 12.5. The molecule has 12 heteroatoms. The standard InChI is InChI=1S/C17H18Cl2N6O3S/c1-29(27,28)24-6-2-3-11(8-24)15-20-16-14(17(26)21-15)22-23-25(16)9-10-4-5-12(18)7-13(10)19/h4-5,7,11H,2-3,6,8-9H2,1H3,(H,20,21,26). The summed E-state index contributed by atoms with van der Waals surface area (Å²) in [7, 11) is -3.31. The number of benzene rings is 1. The van der Waals surface area contributed by atoms with Crippen molar-refractivity contribution >= 4 is 44.4 Å². The van der Waals surface area contributed by atoms with Crippen molar-refractivity contribution in [3.8, 4) is 0 Å². The van der Waals surface area contributed by atoms with E-state index in [-0.39, 0.29) is 24.5 Å². The number of halogens is 2. The molecule has 29 heavy (non-hydrogen) atoms. The van der Waals surface area contributed by atoms with Crippen molar-refractivity contribution in [1.82, 2.24) is 29.3 Å². The van der Waals surface area contributed by atoms with E-state index in [9.17, 15) is 13.2 Å². The van der Waals surface area contributed by atoms with Gasteiger partial charge in [0.25, 0.3) is 5.56 Å². The summed E-state index contributed by atoms with van der Waals surface area (Å²) in [5, 5.41) is 8.97. The Labute approximate surface area is 176 Å². The van der Waals surface area contributed by atoms with Crippen LogP contribution in [-0.2, 0) is 16.6 Å². The van der Waals surface area contributed by atoms with E-state index < -0.39 is 15.6 Å². The van der Waals surface area contributed by atoms with Crippen LogP contribution in [0.1, 0.15) is 30.1 Å². The van der Waals surface area contributed by atoms with Gasteiger partial charge in [-0.25, -0.2) is 22.4 Å². The first-order chi connectivity index (χ1) is 13.7. The van der Waals surface area contributed by atoms with Gasteiger partial charge in [-0.05, 0) is 30.5 Å². The number of aromatic amines is 1. The van der Waals surface area contributed by atoms with Crippen LogP contribution < -0.4 is 5.56 Å². The highest BCUT2D eigenvalue weighted by molar-refractivity contribution is 7.88. The number of piperidine rings is 1. The second kappa shape index (κ2) is 7.67. The predicted octanol–water partition coefficient (Wildman–Crippen LogP) is 2.01. The highest BCUT2D eigenvalue weighted by Crippen LogP contribution is 2.26. The van der Waals surface area contributed by atoms with Crippen LogP contribution in [0, 0.1) is 0 Å². The van der Waals surface area contributed by atoms with Crippen molar-refractivity contribution < 1.29 is 8.42 Å². The minimum Gasteiger partial charge on any atom is -0.308 e. The maximum absolute atomic E-state index is 12.5. The number of nitrogens with zero attached hydrogens (tertiary/aromatic N) is 5. The molecule has 0 aliphatic carbocycles. The molecule has 0 bridgehead atoms. The fraction of sp³-hybridized carbons (Fsp3) is 0.412. The Morgan fingerprint density at radius 3 is 2.83 bits per heavy atom. The fourth-order valence-electron chi connectivity index (χ4n) is 3.46. The fourth-order valence-corrected chi connectivity index (χ4v) is 4.84. The summed E-state index contributed by atoms with van der Waals surface area (Å²) in [6.45, 7) is 1.01. The van der Waals surface area contributed by atoms with E-state index in [0.717, 1.165) is 12.0 Å². The third-order valence-electron chi connectivity index (χ3n) is 4.97. The molecule has 1 aliphatic rings. The smallest absolute Gasteiger partial charge is 0.281 e. The van der Waals surface area contributed by atoms with Gasteiger partial charge in [-0.1, -0.05) is 34.5 Å². The summed E-state index contributed by atoms with van der Waals surface area (Å²) in [5.41, 5.74) is 0.795. The van der Waals surface area contributed by atoms with Gasteiger partial charge in [-0.15, -0.1) is 5.10 Å². The number of aromatic nitrogens is 5. The number of nitrogens with one attached hydrogen (secondary N) is 1. The molecule has 1 fully saturated rings. The Hall–Kier alpha value is -2.01. The Bertz CT molecular complexity index is 1240. The predicted molar refractivity (Wildman–Crippen MR) is 110 cm³/mol. The van der Waals surface area contributed by atoms with Crippen LogP contribution in [0.5, 0.6) is 0 Å². The lowest BCUT2D eigenvalue weighted by atomic mass is 9.99. The normalized spacial score (nSPS) is 18.4. The molecule has 2 aromatic heterocycles. The number of hydrogen-bond acceptors (Lipinski definition) is 6. The van der Waals surface area contributed by atoms with E-state index >= 15 is 0 Å². The first-order valence-corrected chi connectivity index (χ1v) is 11.6. The number of H-pyrrole nitrogens is 1. The molecule has 154 valence electrons. The number of hydrogen-bond donors (Lipinski definition) is 1. The maximum Gasteiger partial charge on any atom is 0.281 e. The van der Waals surface area contributed by atoms with E-state index in [1.165, 1.54) is 15.2 Å². The van der Waals surface area contributed by atoms with Crippen LogP contribution in [-0.4, -0.2) is 57.0 Å². The SMILES string of the molecule is CS(=O)(=O)N1CCCC(c2nc3c(nnn3Cc3ccc(Cl)cc3Cl)c(=O)[nH]2)C1. The first-order valence-electron chi connectivity index (χ1n) is 8.95. The van der Waals surface area contributed by atoms with Crippen LogP contribution >= 0.6 is 23.2 Å². The molecule has 3 aromatic rings. The Kier molecular flexibility index (Phi) is 5.36. The van der Waals surface area contributed by atoms with Crippen molar-refractivity contribution in [2.24, 2.45) is 0 Å². The second-order valence-electron chi connectivity index (χ2n) is 7.07. The van der Waals surface area contributed by atoms with E-state index in [0.29, 0.717) is 34.5 Å². The number of rotatable bonds is 4. The molecule has 0 saturated carbocycles. The van der Waals surface area contributed by atoms with Gasteiger partial charge in [-0.2, -0.15) is 0 Å². The van der Waals surface area contributed by atoms with Crippen LogP contribution in [0.3, 0.4) is 0 Å². The molecule has 1 saturated heterocycles. The molecular weight excluding hydrogens is 439 g/mol. The van der Waals surface area contributed by atoms with E-state index in [1.54, 1.807) is 18.2 Å². The van der Waals surface area contributed by atoms with Gasteiger partial charge in [0.2, 0.25) is 10.0 Å². The minimum absolute atomic E-state index is 0.120. The van der Waals surface area contributed by atoms with Crippen molar-refractivity contribution in [1.29, 1.82) is 0 Å². The number of sulfonamides is 1. The van der Waals surface area contributed by atoms with E-state index in [1.807, 2.05) is 0 Å². The van der Waals surface area contributed by atoms with Crippen LogP contribution in [0.2, 0.25) is 10.0 Å². The highest BCUT2D eigenvalue weighted by Gasteiger charge is 2.29. The average Bonchev–Trinajstić information content (AvgIpc) is 3.07. The van der Waals surface area contributed by atoms with Gasteiger partial charge in [0, 0.05) is 29.1 Å². The largest absolute Gasteiger partial charge is 0.308 e. The highest BCUT2D eigenvalue weighted by atomic mass is 35.5. The van der Waals surface area contributed by atoms with Gasteiger partial charge in [0.1, 0.15) is 5.82 Å². The zero-order valence-electron chi connectivity index (χ0n) is 15.5. The third kappa shape index (κ3) is 4.16. The average molecular weight is 457 g/mol. The van der Waals surface area contributed by atoms with Crippen molar-refractivity contribution in [3.63, 3.8) is 0 Å². The summed E-state index contributed by atoms with van der Waals surface area (Å²) in [6.07, 6.45) is 2.60. The Balaban J connectivity index is 1.71. The third-order valence-corrected chi connectivity index (χ3v) is 6.82. The molecule has 1 unspecified atom stereocenters. The molecule has 1 N–H and O–H groups in total. The van der Waals surface area contributed by atoms with Crippen LogP contribution in [0.25, 0.3) is 11.2 Å². The van der Waals surface area contributed by atoms with E-state index in [4.69, 9.17) is 23.2 Å². The molecule has 0 radical (unpaired) electrons. The van der Waals surface area contributed by atoms with Gasteiger partial charge >= 0.3 is 0 Å². The molecule has 1 aromatic carbocycles. The van der Waals surface area contributed by atoms with Crippen LogP contribution in [0.15, 0.2) is 23.0 Å². The topological polar surface area (TPSA) is 114 Å². The van der Waals surface area contributed by atoms with Crippen LogP contribution in [0.4, 0.5) is 0 Å². The first kappa shape index (κ1) is 20.3. The van der Waals surface area contributed by atoms with Crippen molar-refractivity contribution in [2.75, 3.05) is 19.3 Å². The molecule has 4 rings (SSSR count). The molecule has 1 atom stereocenters. The summed E-state index contributed by atoms with van der Waals surface area (Å²) in [5.74, 6) is 0.222. The molecule has 3 heterocycles. The molecule has 0 amide bonds.